The summed E-state index contributed by atoms with van der Waals surface area (Å²) in [6.07, 6.45) is 8.16. The van der Waals surface area contributed by atoms with Crippen LogP contribution in [0.25, 0.3) is 0 Å². The van der Waals surface area contributed by atoms with E-state index in [4.69, 9.17) is 4.84 Å². The summed E-state index contributed by atoms with van der Waals surface area (Å²) in [6, 6.07) is 0. The molecule has 0 amide bonds. The molecule has 0 radical (unpaired) electrons. The summed E-state index contributed by atoms with van der Waals surface area (Å²) < 4.78 is 0.165. The lowest BCUT2D eigenvalue weighted by Gasteiger charge is -2.48. The molecule has 0 atom stereocenters. The number of rotatable bonds is 7. The SMILES string of the molecule is CCC/C(=N/OCC)C1C(=O)CC(C2(SC)CCC2)CC1=O. The van der Waals surface area contributed by atoms with Crippen LogP contribution in [0.1, 0.15) is 58.8 Å². The Morgan fingerprint density at radius 2 is 1.91 bits per heavy atom. The number of ketones is 2. The van der Waals surface area contributed by atoms with E-state index < -0.39 is 5.92 Å². The minimum atomic E-state index is -0.651. The Bertz CT molecular complexity index is 433. The smallest absolute Gasteiger partial charge is 0.149 e. The molecule has 22 heavy (non-hydrogen) atoms. The van der Waals surface area contributed by atoms with Gasteiger partial charge in [0.15, 0.2) is 0 Å². The Hall–Kier alpha value is -0.840. The van der Waals surface area contributed by atoms with Crippen LogP contribution in [0, 0.1) is 11.8 Å². The number of thioether (sulfide) groups is 1. The molecule has 0 aromatic carbocycles. The summed E-state index contributed by atoms with van der Waals surface area (Å²) in [5.74, 6) is -0.342. The maximum absolute atomic E-state index is 12.6. The summed E-state index contributed by atoms with van der Waals surface area (Å²) in [4.78, 5) is 30.4. The normalized spacial score (nSPS) is 28.4. The first-order valence-electron chi connectivity index (χ1n) is 8.37. The molecule has 2 rings (SSSR count). The minimum Gasteiger partial charge on any atom is -0.396 e. The van der Waals surface area contributed by atoms with Crippen molar-refractivity contribution in [3.8, 4) is 0 Å². The molecule has 2 aliphatic carbocycles. The molecule has 2 saturated carbocycles. The fraction of sp³-hybridized carbons (Fsp3) is 0.824. The lowest BCUT2D eigenvalue weighted by molar-refractivity contribution is -0.135. The highest BCUT2D eigenvalue weighted by Crippen LogP contribution is 2.52. The molecule has 2 aliphatic rings. The van der Waals surface area contributed by atoms with Gasteiger partial charge in [0.1, 0.15) is 24.1 Å². The van der Waals surface area contributed by atoms with Crippen molar-refractivity contribution in [1.29, 1.82) is 0 Å². The third-order valence-corrected chi connectivity index (χ3v) is 6.59. The Kier molecular flexibility index (Phi) is 6.07. The number of Topliss-reactive ketones (excluding diaryl/α,β-unsaturated/α-hetero) is 2. The van der Waals surface area contributed by atoms with Gasteiger partial charge in [0, 0.05) is 17.6 Å². The van der Waals surface area contributed by atoms with Crippen LogP contribution in [-0.4, -0.2) is 34.9 Å². The molecular weight excluding hydrogens is 298 g/mol. The van der Waals surface area contributed by atoms with E-state index in [9.17, 15) is 9.59 Å². The van der Waals surface area contributed by atoms with Gasteiger partial charge in [-0.05, 0) is 38.4 Å². The van der Waals surface area contributed by atoms with Crippen LogP contribution in [0.5, 0.6) is 0 Å². The lowest BCUT2D eigenvalue weighted by atomic mass is 9.65. The Morgan fingerprint density at radius 3 is 2.32 bits per heavy atom. The van der Waals surface area contributed by atoms with Crippen LogP contribution in [0.4, 0.5) is 0 Å². The average Bonchev–Trinajstić information content (AvgIpc) is 2.43. The number of hydrogen-bond donors (Lipinski definition) is 0. The monoisotopic (exact) mass is 325 g/mol. The second kappa shape index (κ2) is 7.62. The average molecular weight is 325 g/mol. The molecule has 5 heteroatoms. The van der Waals surface area contributed by atoms with Gasteiger partial charge < -0.3 is 4.84 Å². The maximum Gasteiger partial charge on any atom is 0.149 e. The highest BCUT2D eigenvalue weighted by Gasteiger charge is 2.49. The summed E-state index contributed by atoms with van der Waals surface area (Å²) >= 11 is 1.84. The molecule has 0 aliphatic heterocycles. The Morgan fingerprint density at radius 1 is 1.27 bits per heavy atom. The summed E-state index contributed by atoms with van der Waals surface area (Å²) in [7, 11) is 0. The number of nitrogens with zero attached hydrogens (tertiary/aromatic N) is 1. The predicted octanol–water partition coefficient (Wildman–Crippen LogP) is 3.63. The van der Waals surface area contributed by atoms with E-state index >= 15 is 0 Å². The fourth-order valence-electron chi connectivity index (χ4n) is 3.67. The van der Waals surface area contributed by atoms with E-state index in [0.29, 0.717) is 31.6 Å². The van der Waals surface area contributed by atoms with Gasteiger partial charge in [0.25, 0.3) is 0 Å². The van der Waals surface area contributed by atoms with Crippen LogP contribution in [-0.2, 0) is 14.4 Å². The number of carbonyl (C=O) groups excluding carboxylic acids is 2. The fourth-order valence-corrected chi connectivity index (χ4v) is 4.86. The van der Waals surface area contributed by atoms with Crippen LogP contribution < -0.4 is 0 Å². The zero-order valence-electron chi connectivity index (χ0n) is 13.9. The first-order chi connectivity index (χ1) is 10.6. The van der Waals surface area contributed by atoms with E-state index in [1.54, 1.807) is 0 Å². The van der Waals surface area contributed by atoms with E-state index in [1.807, 2.05) is 25.6 Å². The second-order valence-corrected chi connectivity index (χ2v) is 7.56. The van der Waals surface area contributed by atoms with Gasteiger partial charge in [-0.15, -0.1) is 0 Å². The third-order valence-electron chi connectivity index (χ3n) is 5.04. The molecule has 2 fully saturated rings. The van der Waals surface area contributed by atoms with Gasteiger partial charge in [-0.1, -0.05) is 24.9 Å². The zero-order valence-corrected chi connectivity index (χ0v) is 14.7. The molecule has 0 aromatic rings. The van der Waals surface area contributed by atoms with Gasteiger partial charge >= 0.3 is 0 Å². The standard InChI is InChI=1S/C17H27NO3S/c1-4-7-13(18-21-5-2)16-14(19)10-12(11-15(16)20)17(22-3)8-6-9-17/h12,16H,4-11H2,1-3H3/b18-13-. The first kappa shape index (κ1) is 17.5. The lowest BCUT2D eigenvalue weighted by Crippen LogP contribution is -2.49. The van der Waals surface area contributed by atoms with E-state index in [-0.39, 0.29) is 22.2 Å². The van der Waals surface area contributed by atoms with Gasteiger partial charge in [0.2, 0.25) is 0 Å². The van der Waals surface area contributed by atoms with Crippen molar-refractivity contribution in [3.05, 3.63) is 0 Å². The molecule has 124 valence electrons. The first-order valence-corrected chi connectivity index (χ1v) is 9.59. The van der Waals surface area contributed by atoms with Crippen molar-refractivity contribution in [2.24, 2.45) is 17.0 Å². The van der Waals surface area contributed by atoms with E-state index in [0.717, 1.165) is 19.3 Å². The highest BCUT2D eigenvalue weighted by atomic mass is 32.2. The zero-order chi connectivity index (χ0) is 16.2. The van der Waals surface area contributed by atoms with Crippen LogP contribution in [0.2, 0.25) is 0 Å². The number of carbonyl (C=O) groups is 2. The van der Waals surface area contributed by atoms with Crippen molar-refractivity contribution in [1.82, 2.24) is 0 Å². The molecule has 0 spiro atoms. The topological polar surface area (TPSA) is 55.7 Å². The molecule has 0 N–H and O–H groups in total. The molecule has 0 unspecified atom stereocenters. The summed E-state index contributed by atoms with van der Waals surface area (Å²) in [5.41, 5.74) is 0.629. The van der Waals surface area contributed by atoms with Crippen molar-refractivity contribution in [2.45, 2.75) is 63.5 Å². The highest BCUT2D eigenvalue weighted by molar-refractivity contribution is 8.00. The van der Waals surface area contributed by atoms with E-state index in [1.165, 1.54) is 6.42 Å². The van der Waals surface area contributed by atoms with Crippen molar-refractivity contribution < 1.29 is 14.4 Å². The summed E-state index contributed by atoms with van der Waals surface area (Å²) in [5, 5.41) is 4.07. The van der Waals surface area contributed by atoms with E-state index in [2.05, 4.69) is 11.4 Å². The maximum atomic E-state index is 12.6. The van der Waals surface area contributed by atoms with Crippen LogP contribution in [0.15, 0.2) is 5.16 Å². The number of hydrogen-bond acceptors (Lipinski definition) is 5. The predicted molar refractivity (Wildman–Crippen MR) is 90.3 cm³/mol. The second-order valence-electron chi connectivity index (χ2n) is 6.34. The molecule has 4 nitrogen and oxygen atoms in total. The number of oxime groups is 1. The van der Waals surface area contributed by atoms with Crippen molar-refractivity contribution in [2.75, 3.05) is 12.9 Å². The van der Waals surface area contributed by atoms with Gasteiger partial charge in [-0.2, -0.15) is 11.8 Å². The molecular formula is C17H27NO3S. The van der Waals surface area contributed by atoms with Gasteiger partial charge in [-0.3, -0.25) is 9.59 Å². The molecule has 0 heterocycles. The van der Waals surface area contributed by atoms with Crippen LogP contribution >= 0.6 is 11.8 Å². The van der Waals surface area contributed by atoms with Crippen molar-refractivity contribution in [3.63, 3.8) is 0 Å². The Balaban J connectivity index is 2.13. The molecule has 0 bridgehead atoms. The quantitative estimate of drug-likeness (QED) is 0.407. The van der Waals surface area contributed by atoms with Crippen LogP contribution in [0.3, 0.4) is 0 Å². The molecule has 0 saturated heterocycles. The van der Waals surface area contributed by atoms with Gasteiger partial charge in [0.05, 0.1) is 5.71 Å². The van der Waals surface area contributed by atoms with Crippen molar-refractivity contribution >= 4 is 29.0 Å². The third kappa shape index (κ3) is 3.39. The van der Waals surface area contributed by atoms with Gasteiger partial charge in [-0.25, -0.2) is 0 Å². The Labute approximate surface area is 137 Å². The minimum absolute atomic E-state index is 0.0495. The summed E-state index contributed by atoms with van der Waals surface area (Å²) in [6.45, 7) is 4.34. The molecule has 0 aromatic heterocycles. The largest absolute Gasteiger partial charge is 0.396 e.